The molecule has 0 radical (unpaired) electrons. The van der Waals surface area contributed by atoms with Crippen LogP contribution in [0, 0.1) is 18.3 Å². The Labute approximate surface area is 154 Å². The highest BCUT2D eigenvalue weighted by Gasteiger charge is 2.16. The molecule has 0 saturated heterocycles. The second-order valence-electron chi connectivity index (χ2n) is 5.54. The Morgan fingerprint density at radius 3 is 2.62 bits per heavy atom. The van der Waals surface area contributed by atoms with Gasteiger partial charge < -0.3 is 5.32 Å². The molecule has 1 aromatic heterocycles. The predicted molar refractivity (Wildman–Crippen MR) is 98.7 cm³/mol. The standard InChI is InChI=1S/C19H13ClN4O2/c1-12-7-17(25)18(23-24(12)16-5-3-2-4-6-16)19(26)22-15-9-13(11-21)8-14(20)10-15/h2-10H,1H3,(H,22,26). The topological polar surface area (TPSA) is 87.8 Å². The number of hydrogen-bond acceptors (Lipinski definition) is 4. The van der Waals surface area contributed by atoms with Crippen molar-refractivity contribution in [1.82, 2.24) is 9.78 Å². The maximum atomic E-state index is 12.5. The first-order valence-corrected chi connectivity index (χ1v) is 8.04. The van der Waals surface area contributed by atoms with Gasteiger partial charge in [0.15, 0.2) is 5.69 Å². The number of rotatable bonds is 3. The van der Waals surface area contributed by atoms with Gasteiger partial charge in [0.2, 0.25) is 5.43 Å². The van der Waals surface area contributed by atoms with Gasteiger partial charge in [-0.1, -0.05) is 29.8 Å². The average molecular weight is 365 g/mol. The minimum atomic E-state index is -0.675. The molecule has 3 aromatic rings. The summed E-state index contributed by atoms with van der Waals surface area (Å²) in [6, 6.07) is 16.9. The van der Waals surface area contributed by atoms with Crippen LogP contribution in [0.15, 0.2) is 59.4 Å². The van der Waals surface area contributed by atoms with E-state index in [1.54, 1.807) is 6.92 Å². The number of carbonyl (C=O) groups excluding carboxylic acids is 1. The Kier molecular flexibility index (Phi) is 4.83. The zero-order valence-corrected chi connectivity index (χ0v) is 14.5. The van der Waals surface area contributed by atoms with Crippen LogP contribution in [0.2, 0.25) is 5.02 Å². The maximum absolute atomic E-state index is 12.5. The summed E-state index contributed by atoms with van der Waals surface area (Å²) in [7, 11) is 0. The van der Waals surface area contributed by atoms with Crippen molar-refractivity contribution >= 4 is 23.2 Å². The van der Waals surface area contributed by atoms with Gasteiger partial charge >= 0.3 is 0 Å². The van der Waals surface area contributed by atoms with E-state index < -0.39 is 11.3 Å². The van der Waals surface area contributed by atoms with Crippen molar-refractivity contribution in [3.05, 3.63) is 86.8 Å². The molecule has 26 heavy (non-hydrogen) atoms. The molecule has 0 aliphatic rings. The van der Waals surface area contributed by atoms with Gasteiger partial charge in [-0.25, -0.2) is 4.68 Å². The van der Waals surface area contributed by atoms with E-state index >= 15 is 0 Å². The summed E-state index contributed by atoms with van der Waals surface area (Å²) in [6.07, 6.45) is 0. The molecule has 1 N–H and O–H groups in total. The van der Waals surface area contributed by atoms with Gasteiger partial charge in [-0.15, -0.1) is 0 Å². The van der Waals surface area contributed by atoms with E-state index in [0.29, 0.717) is 22.0 Å². The van der Waals surface area contributed by atoms with Gasteiger partial charge in [0.1, 0.15) is 0 Å². The van der Waals surface area contributed by atoms with Crippen molar-refractivity contribution in [2.24, 2.45) is 0 Å². The second kappa shape index (κ2) is 7.21. The SMILES string of the molecule is Cc1cc(=O)c(C(=O)Nc2cc(Cl)cc(C#N)c2)nn1-c1ccccc1. The number of benzene rings is 2. The molecule has 3 rings (SSSR count). The Hall–Kier alpha value is -3.43. The van der Waals surface area contributed by atoms with Crippen molar-refractivity contribution in [3.8, 4) is 11.8 Å². The molecule has 7 heteroatoms. The zero-order valence-electron chi connectivity index (χ0n) is 13.7. The lowest BCUT2D eigenvalue weighted by molar-refractivity contribution is 0.101. The maximum Gasteiger partial charge on any atom is 0.280 e. The first-order chi connectivity index (χ1) is 12.5. The molecule has 0 unspecified atom stereocenters. The molecule has 0 aliphatic heterocycles. The lowest BCUT2D eigenvalue weighted by Gasteiger charge is -2.11. The van der Waals surface area contributed by atoms with Crippen LogP contribution in [0.1, 0.15) is 21.7 Å². The van der Waals surface area contributed by atoms with Crippen molar-refractivity contribution in [2.75, 3.05) is 5.32 Å². The number of aromatic nitrogens is 2. The molecule has 0 saturated carbocycles. The van der Waals surface area contributed by atoms with E-state index in [4.69, 9.17) is 16.9 Å². The zero-order chi connectivity index (χ0) is 18.7. The molecule has 1 heterocycles. The van der Waals surface area contributed by atoms with E-state index in [2.05, 4.69) is 10.4 Å². The lowest BCUT2D eigenvalue weighted by Crippen LogP contribution is -2.26. The fourth-order valence-corrected chi connectivity index (χ4v) is 2.69. The largest absolute Gasteiger partial charge is 0.320 e. The highest BCUT2D eigenvalue weighted by molar-refractivity contribution is 6.31. The summed E-state index contributed by atoms with van der Waals surface area (Å²) in [5.74, 6) is -0.675. The molecule has 0 aliphatic carbocycles. The van der Waals surface area contributed by atoms with Crippen molar-refractivity contribution in [2.45, 2.75) is 6.92 Å². The predicted octanol–water partition coefficient (Wildman–Crippen LogP) is 3.32. The molecule has 0 fully saturated rings. The second-order valence-corrected chi connectivity index (χ2v) is 5.98. The first kappa shape index (κ1) is 17.4. The number of aryl methyl sites for hydroxylation is 1. The van der Waals surface area contributed by atoms with Gasteiger partial charge in [-0.2, -0.15) is 10.4 Å². The summed E-state index contributed by atoms with van der Waals surface area (Å²) in [5.41, 5.74) is 1.20. The third-order valence-electron chi connectivity index (χ3n) is 3.61. The summed E-state index contributed by atoms with van der Waals surface area (Å²) < 4.78 is 1.52. The average Bonchev–Trinajstić information content (AvgIpc) is 2.61. The number of nitrogens with one attached hydrogen (secondary N) is 1. The van der Waals surface area contributed by atoms with E-state index in [-0.39, 0.29) is 5.69 Å². The minimum Gasteiger partial charge on any atom is -0.320 e. The number of nitriles is 1. The fraction of sp³-hybridized carbons (Fsp3) is 0.0526. The Morgan fingerprint density at radius 1 is 1.19 bits per heavy atom. The lowest BCUT2D eigenvalue weighted by atomic mass is 10.2. The molecule has 0 atom stereocenters. The number of nitrogens with zero attached hydrogens (tertiary/aromatic N) is 3. The highest BCUT2D eigenvalue weighted by Crippen LogP contribution is 2.19. The number of amides is 1. The highest BCUT2D eigenvalue weighted by atomic mass is 35.5. The number of anilines is 1. The smallest absolute Gasteiger partial charge is 0.280 e. The number of carbonyl (C=O) groups is 1. The third kappa shape index (κ3) is 3.63. The van der Waals surface area contributed by atoms with E-state index in [1.165, 1.54) is 28.9 Å². The Morgan fingerprint density at radius 2 is 1.92 bits per heavy atom. The van der Waals surface area contributed by atoms with Gasteiger partial charge in [0.05, 0.1) is 17.3 Å². The molecule has 6 nitrogen and oxygen atoms in total. The van der Waals surface area contributed by atoms with Gasteiger partial charge in [-0.3, -0.25) is 9.59 Å². The van der Waals surface area contributed by atoms with Crippen LogP contribution in [0.5, 0.6) is 0 Å². The van der Waals surface area contributed by atoms with Crippen LogP contribution in [0.4, 0.5) is 5.69 Å². The van der Waals surface area contributed by atoms with Crippen LogP contribution >= 0.6 is 11.6 Å². The first-order valence-electron chi connectivity index (χ1n) is 7.66. The summed E-state index contributed by atoms with van der Waals surface area (Å²) in [6.45, 7) is 1.74. The molecule has 1 amide bonds. The fourth-order valence-electron chi connectivity index (χ4n) is 2.45. The van der Waals surface area contributed by atoms with Crippen molar-refractivity contribution in [3.63, 3.8) is 0 Å². The van der Waals surface area contributed by atoms with Crippen LogP contribution in [0.3, 0.4) is 0 Å². The van der Waals surface area contributed by atoms with E-state index in [0.717, 1.165) is 5.69 Å². The third-order valence-corrected chi connectivity index (χ3v) is 3.83. The molecule has 0 spiro atoms. The Balaban J connectivity index is 1.99. The van der Waals surface area contributed by atoms with Gasteiger partial charge in [0, 0.05) is 22.5 Å². The Bertz CT molecular complexity index is 1080. The van der Waals surface area contributed by atoms with E-state index in [1.807, 2.05) is 36.4 Å². The number of halogens is 1. The minimum absolute atomic E-state index is 0.252. The molecular weight excluding hydrogens is 352 g/mol. The monoisotopic (exact) mass is 364 g/mol. The number of hydrogen-bond donors (Lipinski definition) is 1. The van der Waals surface area contributed by atoms with Crippen LogP contribution in [-0.4, -0.2) is 15.7 Å². The van der Waals surface area contributed by atoms with Gasteiger partial charge in [0.25, 0.3) is 5.91 Å². The molecule has 0 bridgehead atoms. The van der Waals surface area contributed by atoms with Crippen molar-refractivity contribution < 1.29 is 4.79 Å². The number of para-hydroxylation sites is 1. The molecule has 2 aromatic carbocycles. The molecule has 128 valence electrons. The van der Waals surface area contributed by atoms with E-state index in [9.17, 15) is 9.59 Å². The quantitative estimate of drug-likeness (QED) is 0.772. The van der Waals surface area contributed by atoms with Crippen LogP contribution < -0.4 is 10.7 Å². The van der Waals surface area contributed by atoms with Crippen molar-refractivity contribution in [1.29, 1.82) is 5.26 Å². The van der Waals surface area contributed by atoms with Crippen LogP contribution in [-0.2, 0) is 0 Å². The summed E-state index contributed by atoms with van der Waals surface area (Å²) in [5, 5.41) is 16.1. The van der Waals surface area contributed by atoms with Crippen LogP contribution in [0.25, 0.3) is 5.69 Å². The molecular formula is C19H13ClN4O2. The summed E-state index contributed by atoms with van der Waals surface area (Å²) >= 11 is 5.93. The van der Waals surface area contributed by atoms with Gasteiger partial charge in [-0.05, 0) is 37.3 Å². The summed E-state index contributed by atoms with van der Waals surface area (Å²) in [4.78, 5) is 24.8. The normalized spacial score (nSPS) is 10.2.